The summed E-state index contributed by atoms with van der Waals surface area (Å²) in [6, 6.07) is 7.58. The van der Waals surface area contributed by atoms with Crippen LogP contribution in [0.5, 0.6) is 0 Å². The lowest BCUT2D eigenvalue weighted by Crippen LogP contribution is -2.00. The summed E-state index contributed by atoms with van der Waals surface area (Å²) in [5.74, 6) is 0.0552. The Labute approximate surface area is 77.4 Å². The fraction of sp³-hybridized carbons (Fsp3) is 0.300. The molecule has 0 saturated heterocycles. The van der Waals surface area contributed by atoms with Gasteiger partial charge < -0.3 is 0 Å². The van der Waals surface area contributed by atoms with Crippen molar-refractivity contribution in [2.45, 2.75) is 13.3 Å². The Balaban J connectivity index is 2.93. The van der Waals surface area contributed by atoms with E-state index in [1.807, 2.05) is 18.2 Å². The van der Waals surface area contributed by atoms with Crippen LogP contribution < -0.4 is 0 Å². The van der Waals surface area contributed by atoms with Crippen LogP contribution in [0, 0.1) is 0 Å². The summed E-state index contributed by atoms with van der Waals surface area (Å²) in [6.07, 6.45) is 0.948. The molecule has 0 saturated carbocycles. The van der Waals surface area contributed by atoms with E-state index in [-0.39, 0.29) is 11.7 Å². The number of hydrogen-bond acceptors (Lipinski definition) is 1. The van der Waals surface area contributed by atoms with Gasteiger partial charge in [0.2, 0.25) is 0 Å². The molecule has 64 valence electrons. The average Bonchev–Trinajstić information content (AvgIpc) is 2.17. The highest BCUT2D eigenvalue weighted by Crippen LogP contribution is 2.07. The van der Waals surface area contributed by atoms with Crippen LogP contribution in [0.2, 0.25) is 0 Å². The second-order valence-corrected chi connectivity index (χ2v) is 2.88. The highest BCUT2D eigenvalue weighted by molar-refractivity contribution is 6.30. The summed E-state index contributed by atoms with van der Waals surface area (Å²) < 4.78 is 0. The second-order valence-electron chi connectivity index (χ2n) is 2.61. The molecule has 0 radical (unpaired) electrons. The fourth-order valence-corrected chi connectivity index (χ4v) is 1.20. The zero-order valence-electron chi connectivity index (χ0n) is 7.01. The summed E-state index contributed by atoms with van der Waals surface area (Å²) in [5, 5.41) is 0. The standard InChI is InChI=1S/C10H11ClO/c1-2-8-4-3-5-9(6-8)10(12)7-11/h3-6H,2,7H2,1H3. The van der Waals surface area contributed by atoms with Crippen molar-refractivity contribution in [3.8, 4) is 0 Å². The first-order valence-electron chi connectivity index (χ1n) is 3.96. The number of carbonyl (C=O) groups is 1. The number of rotatable bonds is 3. The molecule has 0 aliphatic carbocycles. The first kappa shape index (κ1) is 9.27. The van der Waals surface area contributed by atoms with Crippen molar-refractivity contribution < 1.29 is 4.79 Å². The Hall–Kier alpha value is -0.820. The molecule has 12 heavy (non-hydrogen) atoms. The number of alkyl halides is 1. The molecule has 0 aromatic heterocycles. The zero-order chi connectivity index (χ0) is 8.97. The first-order valence-corrected chi connectivity index (χ1v) is 4.49. The summed E-state index contributed by atoms with van der Waals surface area (Å²) in [6.45, 7) is 2.06. The summed E-state index contributed by atoms with van der Waals surface area (Å²) >= 11 is 5.43. The molecule has 1 aromatic rings. The van der Waals surface area contributed by atoms with Crippen LogP contribution in [0.15, 0.2) is 24.3 Å². The topological polar surface area (TPSA) is 17.1 Å². The summed E-state index contributed by atoms with van der Waals surface area (Å²) in [7, 11) is 0. The number of hydrogen-bond donors (Lipinski definition) is 0. The van der Waals surface area contributed by atoms with E-state index in [4.69, 9.17) is 11.6 Å². The van der Waals surface area contributed by atoms with E-state index in [0.717, 1.165) is 6.42 Å². The minimum atomic E-state index is -0.00744. The Kier molecular flexibility index (Phi) is 3.30. The molecule has 0 N–H and O–H groups in total. The van der Waals surface area contributed by atoms with Crippen molar-refractivity contribution >= 4 is 17.4 Å². The SMILES string of the molecule is CCc1cccc(C(=O)CCl)c1. The predicted octanol–water partition coefficient (Wildman–Crippen LogP) is 2.67. The largest absolute Gasteiger partial charge is 0.293 e. The Morgan fingerprint density at radius 2 is 2.25 bits per heavy atom. The van der Waals surface area contributed by atoms with Crippen molar-refractivity contribution in [1.29, 1.82) is 0 Å². The van der Waals surface area contributed by atoms with E-state index < -0.39 is 0 Å². The van der Waals surface area contributed by atoms with Gasteiger partial charge in [0.15, 0.2) is 5.78 Å². The molecule has 1 nitrogen and oxygen atoms in total. The molecule has 0 amide bonds. The molecule has 0 unspecified atom stereocenters. The molecule has 0 atom stereocenters. The van der Waals surface area contributed by atoms with E-state index in [0.29, 0.717) is 5.56 Å². The molecule has 0 fully saturated rings. The van der Waals surface area contributed by atoms with Crippen molar-refractivity contribution in [1.82, 2.24) is 0 Å². The van der Waals surface area contributed by atoms with Crippen LogP contribution in [-0.4, -0.2) is 11.7 Å². The third kappa shape index (κ3) is 2.08. The second kappa shape index (κ2) is 4.27. The van der Waals surface area contributed by atoms with Crippen LogP contribution in [0.3, 0.4) is 0 Å². The third-order valence-electron chi connectivity index (χ3n) is 1.78. The molecule has 2 heteroatoms. The number of halogens is 1. The number of ketones is 1. The van der Waals surface area contributed by atoms with Crippen LogP contribution in [-0.2, 0) is 6.42 Å². The van der Waals surface area contributed by atoms with E-state index in [9.17, 15) is 4.79 Å². The average molecular weight is 183 g/mol. The van der Waals surface area contributed by atoms with E-state index in [1.54, 1.807) is 6.07 Å². The summed E-state index contributed by atoms with van der Waals surface area (Å²) in [5.41, 5.74) is 1.88. The fourth-order valence-electron chi connectivity index (χ4n) is 1.04. The van der Waals surface area contributed by atoms with E-state index in [1.165, 1.54) is 5.56 Å². The van der Waals surface area contributed by atoms with E-state index in [2.05, 4.69) is 6.92 Å². The zero-order valence-corrected chi connectivity index (χ0v) is 7.77. The maximum atomic E-state index is 11.1. The lowest BCUT2D eigenvalue weighted by atomic mass is 10.1. The van der Waals surface area contributed by atoms with Gasteiger partial charge in [-0.25, -0.2) is 0 Å². The van der Waals surface area contributed by atoms with Gasteiger partial charge in [-0.3, -0.25) is 4.79 Å². The lowest BCUT2D eigenvalue weighted by Gasteiger charge is -1.99. The third-order valence-corrected chi connectivity index (χ3v) is 2.02. The first-order chi connectivity index (χ1) is 5.77. The molecule has 1 aromatic carbocycles. The molecule has 0 spiro atoms. The van der Waals surface area contributed by atoms with Gasteiger partial charge in [-0.1, -0.05) is 25.1 Å². The molecule has 0 heterocycles. The van der Waals surface area contributed by atoms with Crippen LogP contribution >= 0.6 is 11.6 Å². The Bertz CT molecular complexity index is 281. The molecule has 1 rings (SSSR count). The van der Waals surface area contributed by atoms with Crippen LogP contribution in [0.1, 0.15) is 22.8 Å². The van der Waals surface area contributed by atoms with Gasteiger partial charge in [0.25, 0.3) is 0 Å². The van der Waals surface area contributed by atoms with Crippen molar-refractivity contribution in [3.05, 3.63) is 35.4 Å². The molecular formula is C10H11ClO. The summed E-state index contributed by atoms with van der Waals surface area (Å²) in [4.78, 5) is 11.1. The van der Waals surface area contributed by atoms with Gasteiger partial charge >= 0.3 is 0 Å². The van der Waals surface area contributed by atoms with Gasteiger partial charge in [0.05, 0.1) is 5.88 Å². The van der Waals surface area contributed by atoms with Gasteiger partial charge in [-0.15, -0.1) is 11.6 Å². The van der Waals surface area contributed by atoms with Gasteiger partial charge in [-0.05, 0) is 18.1 Å². The Morgan fingerprint density at radius 1 is 1.50 bits per heavy atom. The number of benzene rings is 1. The molecule has 0 aliphatic heterocycles. The number of Topliss-reactive ketones (excluding diaryl/α,β-unsaturated/α-hetero) is 1. The quantitative estimate of drug-likeness (QED) is 0.519. The van der Waals surface area contributed by atoms with Crippen molar-refractivity contribution in [3.63, 3.8) is 0 Å². The monoisotopic (exact) mass is 182 g/mol. The van der Waals surface area contributed by atoms with Gasteiger partial charge in [0, 0.05) is 5.56 Å². The maximum Gasteiger partial charge on any atom is 0.177 e. The van der Waals surface area contributed by atoms with Crippen LogP contribution in [0.4, 0.5) is 0 Å². The normalized spacial score (nSPS) is 9.83. The predicted molar refractivity (Wildman–Crippen MR) is 50.9 cm³/mol. The maximum absolute atomic E-state index is 11.1. The van der Waals surface area contributed by atoms with E-state index >= 15 is 0 Å². The highest BCUT2D eigenvalue weighted by atomic mass is 35.5. The highest BCUT2D eigenvalue weighted by Gasteiger charge is 2.02. The number of carbonyl (C=O) groups excluding carboxylic acids is 1. The molecule has 0 aliphatic rings. The van der Waals surface area contributed by atoms with Gasteiger partial charge in [0.1, 0.15) is 0 Å². The smallest absolute Gasteiger partial charge is 0.177 e. The molecular weight excluding hydrogens is 172 g/mol. The Morgan fingerprint density at radius 3 is 2.83 bits per heavy atom. The van der Waals surface area contributed by atoms with Gasteiger partial charge in [-0.2, -0.15) is 0 Å². The minimum absolute atomic E-state index is 0.00744. The number of aryl methyl sites for hydroxylation is 1. The van der Waals surface area contributed by atoms with Crippen molar-refractivity contribution in [2.24, 2.45) is 0 Å². The van der Waals surface area contributed by atoms with Crippen molar-refractivity contribution in [2.75, 3.05) is 5.88 Å². The molecule has 0 bridgehead atoms. The van der Waals surface area contributed by atoms with Crippen LogP contribution in [0.25, 0.3) is 0 Å². The minimum Gasteiger partial charge on any atom is -0.293 e. The lowest BCUT2D eigenvalue weighted by molar-refractivity contribution is 0.102.